The molecule has 2 aromatic carbocycles. The molecule has 30 heavy (non-hydrogen) atoms. The molecule has 0 atom stereocenters. The van der Waals surface area contributed by atoms with Crippen LogP contribution in [-0.2, 0) is 23.2 Å². The number of phenols is 1. The van der Waals surface area contributed by atoms with Crippen LogP contribution < -0.4 is 5.32 Å². The Labute approximate surface area is 170 Å². The largest absolute Gasteiger partial charge is 0.508 e. The Bertz CT molecular complexity index is 1070. The summed E-state index contributed by atoms with van der Waals surface area (Å²) >= 11 is 0. The van der Waals surface area contributed by atoms with E-state index in [4.69, 9.17) is 19.8 Å². The van der Waals surface area contributed by atoms with Gasteiger partial charge in [-0.2, -0.15) is 0 Å². The van der Waals surface area contributed by atoms with Gasteiger partial charge in [-0.1, -0.05) is 24.3 Å². The van der Waals surface area contributed by atoms with Crippen molar-refractivity contribution < 1.29 is 29.8 Å². The van der Waals surface area contributed by atoms with Crippen LogP contribution in [0.3, 0.4) is 0 Å². The van der Waals surface area contributed by atoms with Crippen molar-refractivity contribution in [3.63, 3.8) is 0 Å². The van der Waals surface area contributed by atoms with E-state index >= 15 is 0 Å². The predicted octanol–water partition coefficient (Wildman–Crippen LogP) is 2.47. The minimum Gasteiger partial charge on any atom is -0.508 e. The van der Waals surface area contributed by atoms with Gasteiger partial charge in [0.1, 0.15) is 5.75 Å². The van der Waals surface area contributed by atoms with Gasteiger partial charge in [0.25, 0.3) is 5.69 Å². The molecule has 0 amide bonds. The van der Waals surface area contributed by atoms with Crippen molar-refractivity contribution in [1.29, 1.82) is 0 Å². The van der Waals surface area contributed by atoms with E-state index in [0.717, 1.165) is 16.8 Å². The molecular weight excluding hydrogens is 396 g/mol. The fourth-order valence-corrected chi connectivity index (χ4v) is 2.47. The number of nitro benzene ring substituents is 1. The number of nitro groups is 1. The molecule has 1 heterocycles. The number of aromatic hydroxyl groups is 1. The number of benzene rings is 2. The summed E-state index contributed by atoms with van der Waals surface area (Å²) in [5.74, 6) is -2.80. The molecule has 0 aliphatic carbocycles. The molecule has 11 nitrogen and oxygen atoms in total. The molecular formula is C19H18N4O7. The first-order valence-corrected chi connectivity index (χ1v) is 8.43. The Morgan fingerprint density at radius 3 is 2.40 bits per heavy atom. The number of aromatic nitrogens is 2. The number of aliphatic carboxylic acids is 2. The molecule has 0 saturated heterocycles. The highest BCUT2D eigenvalue weighted by molar-refractivity contribution is 6.27. The molecule has 156 valence electrons. The quantitative estimate of drug-likeness (QED) is 0.278. The third kappa shape index (κ3) is 5.79. The number of rotatable bonds is 5. The first-order chi connectivity index (χ1) is 14.2. The van der Waals surface area contributed by atoms with E-state index in [9.17, 15) is 15.2 Å². The van der Waals surface area contributed by atoms with Gasteiger partial charge in [-0.3, -0.25) is 10.1 Å². The second kappa shape index (κ2) is 9.68. The SMILES string of the molecule is Cn1c(-c2cccc([N+](=O)[O-])c2)cnc1NCc1cccc(O)c1.O=C(O)C(=O)O. The number of nitrogens with one attached hydrogen (secondary N) is 1. The number of anilines is 1. The Kier molecular flexibility index (Phi) is 7.06. The number of nitrogens with zero attached hydrogens (tertiary/aromatic N) is 3. The number of non-ortho nitro benzene ring substituents is 1. The maximum atomic E-state index is 10.9. The number of carboxylic acid groups (broad SMARTS) is 2. The van der Waals surface area contributed by atoms with Gasteiger partial charge in [-0.25, -0.2) is 14.6 Å². The summed E-state index contributed by atoms with van der Waals surface area (Å²) in [4.78, 5) is 33.0. The summed E-state index contributed by atoms with van der Waals surface area (Å²) in [6, 6.07) is 13.4. The minimum atomic E-state index is -1.82. The fourth-order valence-electron chi connectivity index (χ4n) is 2.47. The molecule has 0 aliphatic rings. The number of hydrogen-bond donors (Lipinski definition) is 4. The molecule has 3 aromatic rings. The van der Waals surface area contributed by atoms with Crippen LogP contribution >= 0.6 is 0 Å². The zero-order valence-corrected chi connectivity index (χ0v) is 15.7. The summed E-state index contributed by atoms with van der Waals surface area (Å²) in [5, 5.41) is 38.4. The van der Waals surface area contributed by atoms with E-state index in [2.05, 4.69) is 10.3 Å². The van der Waals surface area contributed by atoms with Gasteiger partial charge in [-0.05, 0) is 17.7 Å². The highest BCUT2D eigenvalue weighted by atomic mass is 16.6. The van der Waals surface area contributed by atoms with E-state index in [0.29, 0.717) is 12.5 Å². The van der Waals surface area contributed by atoms with Gasteiger partial charge in [0.05, 0.1) is 16.8 Å². The summed E-state index contributed by atoms with van der Waals surface area (Å²) < 4.78 is 1.84. The molecule has 4 N–H and O–H groups in total. The number of phenolic OH excluding ortho intramolecular Hbond substituents is 1. The smallest absolute Gasteiger partial charge is 0.414 e. The molecule has 11 heteroatoms. The maximum Gasteiger partial charge on any atom is 0.414 e. The molecule has 0 unspecified atom stereocenters. The zero-order chi connectivity index (χ0) is 22.3. The van der Waals surface area contributed by atoms with Crippen LogP contribution in [0.25, 0.3) is 11.3 Å². The first kappa shape index (κ1) is 21.9. The van der Waals surface area contributed by atoms with Gasteiger partial charge in [0.15, 0.2) is 0 Å². The number of imidazole rings is 1. The topological polar surface area (TPSA) is 168 Å². The Morgan fingerprint density at radius 1 is 1.13 bits per heavy atom. The lowest BCUT2D eigenvalue weighted by Crippen LogP contribution is -2.09. The fraction of sp³-hybridized carbons (Fsp3) is 0.105. The van der Waals surface area contributed by atoms with Gasteiger partial charge in [-0.15, -0.1) is 0 Å². The lowest BCUT2D eigenvalue weighted by atomic mass is 10.1. The molecule has 1 aromatic heterocycles. The van der Waals surface area contributed by atoms with Crippen molar-refractivity contribution in [1.82, 2.24) is 9.55 Å². The van der Waals surface area contributed by atoms with Crippen molar-refractivity contribution in [2.45, 2.75) is 6.54 Å². The first-order valence-electron chi connectivity index (χ1n) is 8.43. The van der Waals surface area contributed by atoms with Crippen molar-refractivity contribution in [3.8, 4) is 17.0 Å². The Morgan fingerprint density at radius 2 is 1.80 bits per heavy atom. The van der Waals surface area contributed by atoms with E-state index in [1.54, 1.807) is 30.5 Å². The van der Waals surface area contributed by atoms with E-state index < -0.39 is 16.9 Å². The second-order valence-corrected chi connectivity index (χ2v) is 5.97. The monoisotopic (exact) mass is 414 g/mol. The van der Waals surface area contributed by atoms with Crippen molar-refractivity contribution in [3.05, 3.63) is 70.4 Å². The second-order valence-electron chi connectivity index (χ2n) is 5.97. The van der Waals surface area contributed by atoms with Gasteiger partial charge in [0, 0.05) is 31.3 Å². The molecule has 0 fully saturated rings. The van der Waals surface area contributed by atoms with Crippen molar-refractivity contribution in [2.24, 2.45) is 7.05 Å². The average Bonchev–Trinajstić information content (AvgIpc) is 3.07. The van der Waals surface area contributed by atoms with Crippen molar-refractivity contribution in [2.75, 3.05) is 5.32 Å². The third-order valence-corrected chi connectivity index (χ3v) is 3.89. The average molecular weight is 414 g/mol. The van der Waals surface area contributed by atoms with E-state index in [-0.39, 0.29) is 11.4 Å². The van der Waals surface area contributed by atoms with Crippen LogP contribution in [0.5, 0.6) is 5.75 Å². The molecule has 0 aliphatic heterocycles. The van der Waals surface area contributed by atoms with Crippen LogP contribution in [0.4, 0.5) is 11.6 Å². The van der Waals surface area contributed by atoms with Crippen LogP contribution in [-0.4, -0.2) is 41.7 Å². The minimum absolute atomic E-state index is 0.0444. The molecule has 0 bridgehead atoms. The lowest BCUT2D eigenvalue weighted by molar-refractivity contribution is -0.384. The Balaban J connectivity index is 0.000000469. The van der Waals surface area contributed by atoms with Crippen LogP contribution in [0.1, 0.15) is 5.56 Å². The summed E-state index contributed by atoms with van der Waals surface area (Å²) in [6.45, 7) is 0.508. The third-order valence-electron chi connectivity index (χ3n) is 3.89. The maximum absolute atomic E-state index is 10.9. The molecule has 3 rings (SSSR count). The standard InChI is InChI=1S/C17H16N4O3.C2H2O4/c1-20-16(13-5-3-6-14(9-13)21(23)24)11-19-17(20)18-10-12-4-2-7-15(22)8-12;3-1(4)2(5)6/h2-9,11,22H,10H2,1H3,(H,18,19);(H,3,4)(H,5,6). The molecule has 0 spiro atoms. The Hall–Kier alpha value is -4.41. The van der Waals surface area contributed by atoms with E-state index in [1.807, 2.05) is 23.7 Å². The summed E-state index contributed by atoms with van der Waals surface area (Å²) in [5.41, 5.74) is 2.47. The molecule has 0 saturated carbocycles. The highest BCUT2D eigenvalue weighted by Crippen LogP contribution is 2.25. The van der Waals surface area contributed by atoms with E-state index in [1.165, 1.54) is 12.1 Å². The number of hydrogen-bond acceptors (Lipinski definition) is 7. The summed E-state index contributed by atoms with van der Waals surface area (Å²) in [7, 11) is 1.84. The zero-order valence-electron chi connectivity index (χ0n) is 15.7. The van der Waals surface area contributed by atoms with Crippen LogP contribution in [0.15, 0.2) is 54.7 Å². The highest BCUT2D eigenvalue weighted by Gasteiger charge is 2.12. The van der Waals surface area contributed by atoms with Gasteiger partial charge in [0.2, 0.25) is 5.95 Å². The lowest BCUT2D eigenvalue weighted by Gasteiger charge is -2.09. The van der Waals surface area contributed by atoms with Crippen LogP contribution in [0.2, 0.25) is 0 Å². The number of carbonyl (C=O) groups is 2. The van der Waals surface area contributed by atoms with Crippen molar-refractivity contribution >= 4 is 23.6 Å². The van der Waals surface area contributed by atoms with Gasteiger partial charge < -0.3 is 25.2 Å². The number of carboxylic acids is 2. The van der Waals surface area contributed by atoms with Gasteiger partial charge >= 0.3 is 11.9 Å². The summed E-state index contributed by atoms with van der Waals surface area (Å²) in [6.07, 6.45) is 1.67. The van der Waals surface area contributed by atoms with Crippen LogP contribution in [0, 0.1) is 10.1 Å². The molecule has 0 radical (unpaired) electrons. The normalized spacial score (nSPS) is 9.90. The predicted molar refractivity (Wildman–Crippen MR) is 106 cm³/mol.